The maximum atomic E-state index is 11.7. The summed E-state index contributed by atoms with van der Waals surface area (Å²) in [6, 6.07) is 0. The summed E-state index contributed by atoms with van der Waals surface area (Å²) in [4.78, 5) is 22.2. The monoisotopic (exact) mass is 182 g/mol. The van der Waals surface area contributed by atoms with Gasteiger partial charge in [0.2, 0.25) is 0 Å². The molecule has 3 heteroatoms. The Morgan fingerprint density at radius 1 is 1.08 bits per heavy atom. The fourth-order valence-electron chi connectivity index (χ4n) is 2.30. The fraction of sp³-hybridized carbons (Fsp3) is 0.800. The first-order valence-electron chi connectivity index (χ1n) is 4.96. The second-order valence-corrected chi connectivity index (χ2v) is 4.17. The van der Waals surface area contributed by atoms with Gasteiger partial charge in [-0.3, -0.25) is 9.59 Å². The average molecular weight is 182 g/mol. The van der Waals surface area contributed by atoms with E-state index in [1.165, 1.54) is 0 Å². The van der Waals surface area contributed by atoms with Crippen LogP contribution in [-0.2, 0) is 9.59 Å². The Morgan fingerprint density at radius 2 is 1.69 bits per heavy atom. The van der Waals surface area contributed by atoms with Crippen LogP contribution in [0.2, 0.25) is 0 Å². The van der Waals surface area contributed by atoms with Crippen molar-refractivity contribution in [1.82, 2.24) is 0 Å². The van der Waals surface area contributed by atoms with Crippen molar-refractivity contribution >= 4 is 11.8 Å². The second-order valence-electron chi connectivity index (χ2n) is 4.17. The number of ketones is 1. The van der Waals surface area contributed by atoms with E-state index in [1.54, 1.807) is 0 Å². The Kier molecular flexibility index (Phi) is 2.10. The third-order valence-electron chi connectivity index (χ3n) is 3.23. The van der Waals surface area contributed by atoms with E-state index in [9.17, 15) is 9.59 Å². The molecule has 0 radical (unpaired) electrons. The normalized spacial score (nSPS) is 33.2. The topological polar surface area (TPSA) is 54.4 Å². The number of carboxylic acid groups (broad SMARTS) is 1. The van der Waals surface area contributed by atoms with Gasteiger partial charge in [0.05, 0.1) is 5.92 Å². The molecule has 0 spiro atoms. The molecule has 3 nitrogen and oxygen atoms in total. The molecule has 2 unspecified atom stereocenters. The second kappa shape index (κ2) is 3.13. The van der Waals surface area contributed by atoms with E-state index >= 15 is 0 Å². The number of rotatable bonds is 3. The minimum absolute atomic E-state index is 0.138. The van der Waals surface area contributed by atoms with Crippen LogP contribution in [0.15, 0.2) is 0 Å². The maximum absolute atomic E-state index is 11.7. The molecule has 2 aliphatic rings. The van der Waals surface area contributed by atoms with Crippen LogP contribution in [-0.4, -0.2) is 16.9 Å². The number of hydrogen-bond acceptors (Lipinski definition) is 2. The molecule has 0 amide bonds. The first-order chi connectivity index (χ1) is 6.20. The molecule has 2 fully saturated rings. The van der Waals surface area contributed by atoms with Gasteiger partial charge >= 0.3 is 5.97 Å². The Bertz CT molecular complexity index is 241. The van der Waals surface area contributed by atoms with E-state index in [0.717, 1.165) is 25.7 Å². The van der Waals surface area contributed by atoms with Crippen LogP contribution in [0.4, 0.5) is 0 Å². The number of aliphatic carboxylic acids is 1. The SMILES string of the molecule is O=C(O)C1CC1C(=O)C1CCCC1. The summed E-state index contributed by atoms with van der Waals surface area (Å²) in [6.07, 6.45) is 4.84. The Hall–Kier alpha value is -0.860. The molecule has 2 aliphatic carbocycles. The minimum atomic E-state index is -0.795. The highest BCUT2D eigenvalue weighted by molar-refractivity contribution is 5.92. The summed E-state index contributed by atoms with van der Waals surface area (Å²) in [6.45, 7) is 0. The number of carbonyl (C=O) groups excluding carboxylic acids is 1. The third kappa shape index (κ3) is 1.60. The van der Waals surface area contributed by atoms with Crippen LogP contribution < -0.4 is 0 Å². The highest BCUT2D eigenvalue weighted by Crippen LogP contribution is 2.43. The van der Waals surface area contributed by atoms with Crippen LogP contribution in [0, 0.1) is 17.8 Å². The van der Waals surface area contributed by atoms with Gasteiger partial charge in [-0.05, 0) is 19.3 Å². The van der Waals surface area contributed by atoms with E-state index in [-0.39, 0.29) is 23.5 Å². The van der Waals surface area contributed by atoms with Gasteiger partial charge in [0.25, 0.3) is 0 Å². The van der Waals surface area contributed by atoms with Crippen molar-refractivity contribution in [2.45, 2.75) is 32.1 Å². The van der Waals surface area contributed by atoms with Crippen molar-refractivity contribution in [2.75, 3.05) is 0 Å². The Morgan fingerprint density at radius 3 is 2.15 bits per heavy atom. The number of carboxylic acids is 1. The highest BCUT2D eigenvalue weighted by Gasteiger charge is 2.49. The van der Waals surface area contributed by atoms with Crippen molar-refractivity contribution in [1.29, 1.82) is 0 Å². The van der Waals surface area contributed by atoms with Gasteiger partial charge in [-0.1, -0.05) is 12.8 Å². The van der Waals surface area contributed by atoms with Crippen LogP contribution in [0.5, 0.6) is 0 Å². The van der Waals surface area contributed by atoms with Gasteiger partial charge < -0.3 is 5.11 Å². The molecule has 0 heterocycles. The molecule has 2 saturated carbocycles. The van der Waals surface area contributed by atoms with Crippen LogP contribution in [0.1, 0.15) is 32.1 Å². The smallest absolute Gasteiger partial charge is 0.307 e. The molecule has 13 heavy (non-hydrogen) atoms. The van der Waals surface area contributed by atoms with E-state index in [0.29, 0.717) is 6.42 Å². The number of hydrogen-bond donors (Lipinski definition) is 1. The lowest BCUT2D eigenvalue weighted by molar-refractivity contribution is -0.140. The van der Waals surface area contributed by atoms with E-state index < -0.39 is 5.97 Å². The zero-order chi connectivity index (χ0) is 9.42. The van der Waals surface area contributed by atoms with Gasteiger partial charge in [-0.25, -0.2) is 0 Å². The zero-order valence-electron chi connectivity index (χ0n) is 7.53. The summed E-state index contributed by atoms with van der Waals surface area (Å²) in [7, 11) is 0. The van der Waals surface area contributed by atoms with Gasteiger partial charge in [-0.15, -0.1) is 0 Å². The number of carbonyl (C=O) groups is 2. The van der Waals surface area contributed by atoms with Crippen molar-refractivity contribution in [2.24, 2.45) is 17.8 Å². The van der Waals surface area contributed by atoms with E-state index in [1.807, 2.05) is 0 Å². The van der Waals surface area contributed by atoms with Crippen molar-refractivity contribution in [3.05, 3.63) is 0 Å². The molecule has 0 bridgehead atoms. The lowest BCUT2D eigenvalue weighted by Gasteiger charge is -2.05. The zero-order valence-corrected chi connectivity index (χ0v) is 7.53. The Labute approximate surface area is 77.1 Å². The predicted octanol–water partition coefficient (Wildman–Crippen LogP) is 1.47. The average Bonchev–Trinajstić information content (AvgIpc) is 2.72. The van der Waals surface area contributed by atoms with Crippen LogP contribution in [0.25, 0.3) is 0 Å². The Balaban J connectivity index is 1.89. The minimum Gasteiger partial charge on any atom is -0.481 e. The summed E-state index contributed by atoms with van der Waals surface area (Å²) in [5.41, 5.74) is 0. The van der Waals surface area contributed by atoms with E-state index in [4.69, 9.17) is 5.11 Å². The number of Topliss-reactive ketones (excluding diaryl/α,β-unsaturated/α-hetero) is 1. The molecule has 2 atom stereocenters. The van der Waals surface area contributed by atoms with Gasteiger partial charge in [0, 0.05) is 11.8 Å². The summed E-state index contributed by atoms with van der Waals surface area (Å²) < 4.78 is 0. The fourth-order valence-corrected chi connectivity index (χ4v) is 2.30. The lowest BCUT2D eigenvalue weighted by Crippen LogP contribution is -2.15. The molecule has 72 valence electrons. The van der Waals surface area contributed by atoms with Crippen molar-refractivity contribution in [3.63, 3.8) is 0 Å². The standard InChI is InChI=1S/C10H14O3/c11-9(6-3-1-2-4-6)7-5-8(7)10(12)13/h6-8H,1-5H2,(H,12,13). The third-order valence-corrected chi connectivity index (χ3v) is 3.23. The van der Waals surface area contributed by atoms with Gasteiger partial charge in [0.15, 0.2) is 0 Å². The van der Waals surface area contributed by atoms with Gasteiger partial charge in [-0.2, -0.15) is 0 Å². The summed E-state index contributed by atoms with van der Waals surface area (Å²) >= 11 is 0. The van der Waals surface area contributed by atoms with Crippen LogP contribution >= 0.6 is 0 Å². The van der Waals surface area contributed by atoms with E-state index in [2.05, 4.69) is 0 Å². The maximum Gasteiger partial charge on any atom is 0.307 e. The highest BCUT2D eigenvalue weighted by atomic mass is 16.4. The van der Waals surface area contributed by atoms with Crippen LogP contribution in [0.3, 0.4) is 0 Å². The first-order valence-corrected chi connectivity index (χ1v) is 4.96. The molecule has 2 rings (SSSR count). The molecular weight excluding hydrogens is 168 g/mol. The predicted molar refractivity (Wildman–Crippen MR) is 46.2 cm³/mol. The molecule has 0 saturated heterocycles. The molecule has 0 aromatic rings. The largest absolute Gasteiger partial charge is 0.481 e. The van der Waals surface area contributed by atoms with Crippen molar-refractivity contribution in [3.8, 4) is 0 Å². The summed E-state index contributed by atoms with van der Waals surface area (Å²) in [5, 5.41) is 8.66. The quantitative estimate of drug-likeness (QED) is 0.719. The molecule has 1 N–H and O–H groups in total. The van der Waals surface area contributed by atoms with Gasteiger partial charge in [0.1, 0.15) is 5.78 Å². The van der Waals surface area contributed by atoms with Crippen molar-refractivity contribution < 1.29 is 14.7 Å². The lowest BCUT2D eigenvalue weighted by atomic mass is 9.98. The summed E-state index contributed by atoms with van der Waals surface area (Å²) in [5.74, 6) is -0.871. The molecule has 0 aromatic heterocycles. The molecular formula is C10H14O3. The molecule has 0 aromatic carbocycles. The molecule has 0 aliphatic heterocycles. The first kappa shape index (κ1) is 8.73.